The third kappa shape index (κ3) is 3.84. The number of carbonyl (C=O) groups is 1. The van der Waals surface area contributed by atoms with Gasteiger partial charge >= 0.3 is 0 Å². The van der Waals surface area contributed by atoms with E-state index in [4.69, 9.17) is 11.6 Å². The fraction of sp³-hybridized carbons (Fsp3) is 0.235. The molecule has 3 nitrogen and oxygen atoms in total. The summed E-state index contributed by atoms with van der Waals surface area (Å²) in [5.74, 6) is -0.190. The quantitative estimate of drug-likeness (QED) is 0.909. The summed E-state index contributed by atoms with van der Waals surface area (Å²) in [6.07, 6.45) is 0. The molecular weight excluding hydrogens is 286 g/mol. The lowest BCUT2D eigenvalue weighted by molar-refractivity contribution is 0.0915. The van der Waals surface area contributed by atoms with Crippen LogP contribution >= 0.6 is 11.6 Å². The van der Waals surface area contributed by atoms with E-state index in [-0.39, 0.29) is 12.5 Å². The highest BCUT2D eigenvalue weighted by atomic mass is 35.5. The zero-order valence-corrected chi connectivity index (χ0v) is 12.8. The Morgan fingerprint density at radius 1 is 1.19 bits per heavy atom. The normalized spacial score (nSPS) is 12.0. The van der Waals surface area contributed by atoms with Crippen molar-refractivity contribution in [3.05, 3.63) is 69.7 Å². The molecule has 0 bridgehead atoms. The number of carbonyl (C=O) groups excluding carboxylic acids is 1. The highest BCUT2D eigenvalue weighted by Crippen LogP contribution is 2.18. The molecular formula is C17H18ClNO2. The average Bonchev–Trinajstić information content (AvgIpc) is 2.48. The second-order valence-corrected chi connectivity index (χ2v) is 5.51. The summed E-state index contributed by atoms with van der Waals surface area (Å²) in [6.45, 7) is 3.67. The smallest absolute Gasteiger partial charge is 0.252 e. The molecule has 2 aromatic carbocycles. The highest BCUT2D eigenvalue weighted by Gasteiger charge is 2.16. The second-order valence-electron chi connectivity index (χ2n) is 5.08. The van der Waals surface area contributed by atoms with Crippen LogP contribution in [-0.2, 0) is 0 Å². The van der Waals surface area contributed by atoms with Gasteiger partial charge in [0.15, 0.2) is 0 Å². The van der Waals surface area contributed by atoms with Gasteiger partial charge in [-0.1, -0.05) is 41.4 Å². The molecule has 0 aliphatic carbocycles. The minimum Gasteiger partial charge on any atom is -0.394 e. The molecule has 0 aliphatic rings. The van der Waals surface area contributed by atoms with Crippen molar-refractivity contribution >= 4 is 17.5 Å². The molecule has 0 heterocycles. The zero-order valence-electron chi connectivity index (χ0n) is 12.1. The Morgan fingerprint density at radius 3 is 2.48 bits per heavy atom. The zero-order chi connectivity index (χ0) is 15.4. The molecule has 0 saturated heterocycles. The minimum absolute atomic E-state index is 0.168. The van der Waals surface area contributed by atoms with Gasteiger partial charge in [0.2, 0.25) is 0 Å². The molecule has 2 aromatic rings. The number of aryl methyl sites for hydroxylation is 2. The Labute approximate surface area is 129 Å². The fourth-order valence-electron chi connectivity index (χ4n) is 2.15. The molecule has 1 unspecified atom stereocenters. The van der Waals surface area contributed by atoms with Crippen LogP contribution in [-0.4, -0.2) is 17.6 Å². The van der Waals surface area contributed by atoms with Crippen LogP contribution in [0.5, 0.6) is 0 Å². The third-order valence-electron chi connectivity index (χ3n) is 3.40. The minimum atomic E-state index is -0.449. The second kappa shape index (κ2) is 6.74. The monoisotopic (exact) mass is 303 g/mol. The third-order valence-corrected chi connectivity index (χ3v) is 3.65. The van der Waals surface area contributed by atoms with E-state index in [9.17, 15) is 9.90 Å². The first-order chi connectivity index (χ1) is 10.0. The van der Waals surface area contributed by atoms with Crippen molar-refractivity contribution in [2.45, 2.75) is 19.9 Å². The highest BCUT2D eigenvalue weighted by molar-refractivity contribution is 6.30. The summed E-state index contributed by atoms with van der Waals surface area (Å²) in [7, 11) is 0. The van der Waals surface area contributed by atoms with Gasteiger partial charge in [-0.3, -0.25) is 4.79 Å². The lowest BCUT2D eigenvalue weighted by Crippen LogP contribution is -2.31. The molecule has 0 fully saturated rings. The maximum Gasteiger partial charge on any atom is 0.252 e. The predicted octanol–water partition coefficient (Wildman–Crippen LogP) is 3.42. The summed E-state index contributed by atoms with van der Waals surface area (Å²) in [5, 5.41) is 13.0. The largest absolute Gasteiger partial charge is 0.394 e. The molecule has 0 aromatic heterocycles. The lowest BCUT2D eigenvalue weighted by Gasteiger charge is -2.18. The summed E-state index contributed by atoms with van der Waals surface area (Å²) >= 11 is 5.85. The van der Waals surface area contributed by atoms with E-state index in [1.54, 1.807) is 24.3 Å². The molecule has 2 N–H and O–H groups in total. The number of amides is 1. The van der Waals surface area contributed by atoms with Gasteiger partial charge in [0.05, 0.1) is 12.6 Å². The molecule has 0 aliphatic heterocycles. The number of aliphatic hydroxyl groups excluding tert-OH is 1. The van der Waals surface area contributed by atoms with Crippen LogP contribution in [0.1, 0.15) is 33.1 Å². The van der Waals surface area contributed by atoms with Crippen molar-refractivity contribution in [3.8, 4) is 0 Å². The van der Waals surface area contributed by atoms with Gasteiger partial charge < -0.3 is 10.4 Å². The van der Waals surface area contributed by atoms with E-state index in [1.807, 2.05) is 32.0 Å². The first-order valence-corrected chi connectivity index (χ1v) is 7.13. The van der Waals surface area contributed by atoms with E-state index in [2.05, 4.69) is 5.32 Å². The molecule has 1 atom stereocenters. The standard InChI is InChI=1S/C17H18ClNO2/c1-11-3-4-12(2)15(9-11)17(21)19-16(10-20)13-5-7-14(18)8-6-13/h3-9,16,20H,10H2,1-2H3,(H,19,21). The summed E-state index contributed by atoms with van der Waals surface area (Å²) in [4.78, 5) is 12.4. The van der Waals surface area contributed by atoms with Crippen molar-refractivity contribution in [3.63, 3.8) is 0 Å². The van der Waals surface area contributed by atoms with E-state index in [0.29, 0.717) is 10.6 Å². The number of aliphatic hydroxyl groups is 1. The maximum atomic E-state index is 12.4. The van der Waals surface area contributed by atoms with Gasteiger partial charge in [-0.2, -0.15) is 0 Å². The number of halogens is 1. The van der Waals surface area contributed by atoms with E-state index < -0.39 is 6.04 Å². The van der Waals surface area contributed by atoms with Crippen LogP contribution in [0, 0.1) is 13.8 Å². The first kappa shape index (κ1) is 15.5. The Hall–Kier alpha value is -1.84. The SMILES string of the molecule is Cc1ccc(C)c(C(=O)NC(CO)c2ccc(Cl)cc2)c1. The van der Waals surface area contributed by atoms with Gasteiger partial charge in [0, 0.05) is 10.6 Å². The van der Waals surface area contributed by atoms with Gasteiger partial charge in [-0.15, -0.1) is 0 Å². The van der Waals surface area contributed by atoms with Crippen molar-refractivity contribution in [2.24, 2.45) is 0 Å². The van der Waals surface area contributed by atoms with Gasteiger partial charge in [0.25, 0.3) is 5.91 Å². The van der Waals surface area contributed by atoms with Crippen LogP contribution in [0.25, 0.3) is 0 Å². The summed E-state index contributed by atoms with van der Waals surface area (Å²) < 4.78 is 0. The van der Waals surface area contributed by atoms with Gasteiger partial charge in [0.1, 0.15) is 0 Å². The Morgan fingerprint density at radius 2 is 1.86 bits per heavy atom. The van der Waals surface area contributed by atoms with Crippen molar-refractivity contribution in [2.75, 3.05) is 6.61 Å². The van der Waals surface area contributed by atoms with Crippen LogP contribution in [0.15, 0.2) is 42.5 Å². The molecule has 4 heteroatoms. The topological polar surface area (TPSA) is 49.3 Å². The first-order valence-electron chi connectivity index (χ1n) is 6.75. The molecule has 1 amide bonds. The van der Waals surface area contributed by atoms with E-state index in [1.165, 1.54) is 0 Å². The molecule has 2 rings (SSSR count). The Kier molecular flexibility index (Phi) is 4.99. The molecule has 0 radical (unpaired) electrons. The maximum absolute atomic E-state index is 12.4. The Bertz CT molecular complexity index is 638. The molecule has 0 spiro atoms. The number of nitrogens with one attached hydrogen (secondary N) is 1. The van der Waals surface area contributed by atoms with Crippen molar-refractivity contribution in [1.82, 2.24) is 5.32 Å². The summed E-state index contributed by atoms with van der Waals surface area (Å²) in [5.41, 5.74) is 3.38. The van der Waals surface area contributed by atoms with E-state index >= 15 is 0 Å². The van der Waals surface area contributed by atoms with Gasteiger partial charge in [-0.25, -0.2) is 0 Å². The number of hydrogen-bond donors (Lipinski definition) is 2. The van der Waals surface area contributed by atoms with Crippen LogP contribution < -0.4 is 5.32 Å². The summed E-state index contributed by atoms with van der Waals surface area (Å²) in [6, 6.07) is 12.4. The van der Waals surface area contributed by atoms with Crippen molar-refractivity contribution in [1.29, 1.82) is 0 Å². The lowest BCUT2D eigenvalue weighted by atomic mass is 10.0. The van der Waals surface area contributed by atoms with Gasteiger partial charge in [-0.05, 0) is 43.2 Å². The average molecular weight is 304 g/mol. The Balaban J connectivity index is 2.20. The predicted molar refractivity (Wildman–Crippen MR) is 84.7 cm³/mol. The molecule has 0 saturated carbocycles. The van der Waals surface area contributed by atoms with Crippen LogP contribution in [0.2, 0.25) is 5.02 Å². The van der Waals surface area contributed by atoms with Crippen molar-refractivity contribution < 1.29 is 9.90 Å². The van der Waals surface area contributed by atoms with Crippen LogP contribution in [0.3, 0.4) is 0 Å². The van der Waals surface area contributed by atoms with Crippen LogP contribution in [0.4, 0.5) is 0 Å². The number of hydrogen-bond acceptors (Lipinski definition) is 2. The molecule has 110 valence electrons. The fourth-order valence-corrected chi connectivity index (χ4v) is 2.27. The number of benzene rings is 2. The molecule has 21 heavy (non-hydrogen) atoms. The van der Waals surface area contributed by atoms with E-state index in [0.717, 1.165) is 16.7 Å². The number of rotatable bonds is 4.